The number of benzene rings is 1. The van der Waals surface area contributed by atoms with Crippen molar-refractivity contribution in [3.05, 3.63) is 47.5 Å². The number of nitrogens with zero attached hydrogens (tertiary/aromatic N) is 6. The van der Waals surface area contributed by atoms with Gasteiger partial charge in [0.15, 0.2) is 17.4 Å². The molecule has 2 aliphatic rings. The Kier molecular flexibility index (Phi) is 5.32. The molecule has 0 spiro atoms. The number of H-pyrrole nitrogens is 1. The molecule has 0 bridgehead atoms. The van der Waals surface area contributed by atoms with Gasteiger partial charge in [-0.15, -0.1) is 0 Å². The lowest BCUT2D eigenvalue weighted by Gasteiger charge is -2.33. The standard InChI is InChI=1S/C25H29FN8O/c1-15-12-17-18(27-15)6-7-20(24(17)26)35-25-29-21(14-23(30-25)34-10-8-32(2)9-11-34)28-22-13-19(16-4-5-16)33(3)31-22/h6-7,12-14,16,27H,4-5,8-11H2,1-3H3,(H,28,29,30,31). The lowest BCUT2D eigenvalue weighted by Crippen LogP contribution is -2.44. The van der Waals surface area contributed by atoms with Gasteiger partial charge in [-0.3, -0.25) is 4.68 Å². The summed E-state index contributed by atoms with van der Waals surface area (Å²) in [4.78, 5) is 16.8. The fourth-order valence-corrected chi connectivity index (χ4v) is 4.62. The summed E-state index contributed by atoms with van der Waals surface area (Å²) in [6.07, 6.45) is 2.41. The number of likely N-dealkylation sites (N-methyl/N-ethyl adjacent to an activating group) is 1. The van der Waals surface area contributed by atoms with Gasteiger partial charge in [-0.25, -0.2) is 4.39 Å². The van der Waals surface area contributed by atoms with Gasteiger partial charge < -0.3 is 24.8 Å². The molecular formula is C25H29FN8O. The highest BCUT2D eigenvalue weighted by Gasteiger charge is 2.27. The van der Waals surface area contributed by atoms with Crippen LogP contribution in [-0.4, -0.2) is 62.9 Å². The summed E-state index contributed by atoms with van der Waals surface area (Å²) in [5.74, 6) is 2.26. The molecule has 4 heterocycles. The van der Waals surface area contributed by atoms with Crippen molar-refractivity contribution in [3.63, 3.8) is 0 Å². The van der Waals surface area contributed by atoms with Crippen LogP contribution >= 0.6 is 0 Å². The van der Waals surface area contributed by atoms with E-state index in [1.165, 1.54) is 18.5 Å². The minimum atomic E-state index is -0.436. The Morgan fingerprint density at radius 3 is 2.60 bits per heavy atom. The predicted octanol–water partition coefficient (Wildman–Crippen LogP) is 4.30. The van der Waals surface area contributed by atoms with E-state index < -0.39 is 5.82 Å². The largest absolute Gasteiger partial charge is 0.421 e. The maximum absolute atomic E-state index is 15.2. The maximum atomic E-state index is 15.2. The summed E-state index contributed by atoms with van der Waals surface area (Å²) < 4.78 is 23.0. The monoisotopic (exact) mass is 476 g/mol. The molecule has 1 aliphatic carbocycles. The Morgan fingerprint density at radius 1 is 1.03 bits per heavy atom. The van der Waals surface area contributed by atoms with Crippen molar-refractivity contribution in [1.29, 1.82) is 0 Å². The van der Waals surface area contributed by atoms with Crippen LogP contribution in [0, 0.1) is 12.7 Å². The molecule has 4 aromatic rings. The molecule has 6 rings (SSSR count). The SMILES string of the molecule is Cc1cc2c(F)c(Oc3nc(Nc4cc(C5CC5)n(C)n4)cc(N4CCN(C)CC4)n3)ccc2[nH]1. The molecule has 35 heavy (non-hydrogen) atoms. The van der Waals surface area contributed by atoms with Crippen LogP contribution in [0.3, 0.4) is 0 Å². The van der Waals surface area contributed by atoms with Crippen LogP contribution in [0.15, 0.2) is 30.3 Å². The van der Waals surface area contributed by atoms with E-state index in [9.17, 15) is 0 Å². The van der Waals surface area contributed by atoms with Crippen molar-refractivity contribution in [3.8, 4) is 11.8 Å². The number of aryl methyl sites for hydroxylation is 2. The van der Waals surface area contributed by atoms with Crippen LogP contribution in [0.2, 0.25) is 0 Å². The number of nitrogens with one attached hydrogen (secondary N) is 2. The third kappa shape index (κ3) is 4.41. The molecular weight excluding hydrogens is 447 g/mol. The third-order valence-electron chi connectivity index (χ3n) is 6.73. The topological polar surface area (TPSA) is 87.1 Å². The number of piperazine rings is 1. The smallest absolute Gasteiger partial charge is 0.326 e. The second kappa shape index (κ2) is 8.53. The summed E-state index contributed by atoms with van der Waals surface area (Å²) in [7, 11) is 4.07. The number of hydrogen-bond donors (Lipinski definition) is 2. The number of fused-ring (bicyclic) bond motifs is 1. The normalized spacial score (nSPS) is 16.7. The number of aromatic nitrogens is 5. The summed E-state index contributed by atoms with van der Waals surface area (Å²) in [5, 5.41) is 8.40. The van der Waals surface area contributed by atoms with E-state index >= 15 is 4.39 Å². The van der Waals surface area contributed by atoms with Crippen LogP contribution in [0.5, 0.6) is 11.8 Å². The van der Waals surface area contributed by atoms with Crippen LogP contribution < -0.4 is 15.0 Å². The quantitative estimate of drug-likeness (QED) is 0.429. The van der Waals surface area contributed by atoms with Crippen molar-refractivity contribution in [2.45, 2.75) is 25.7 Å². The Morgan fingerprint density at radius 2 is 1.83 bits per heavy atom. The fourth-order valence-electron chi connectivity index (χ4n) is 4.62. The zero-order chi connectivity index (χ0) is 24.1. The highest BCUT2D eigenvalue weighted by atomic mass is 19.1. The number of aromatic amines is 1. The first-order chi connectivity index (χ1) is 16.9. The van der Waals surface area contributed by atoms with Crippen molar-refractivity contribution in [2.24, 2.45) is 7.05 Å². The zero-order valence-corrected chi connectivity index (χ0v) is 20.2. The number of hydrogen-bond acceptors (Lipinski definition) is 7. The molecule has 0 atom stereocenters. The molecule has 1 aromatic carbocycles. The van der Waals surface area contributed by atoms with Crippen molar-refractivity contribution >= 4 is 28.4 Å². The zero-order valence-electron chi connectivity index (χ0n) is 20.2. The number of ether oxygens (including phenoxy) is 1. The van der Waals surface area contributed by atoms with Crippen LogP contribution in [0.1, 0.15) is 30.1 Å². The fraction of sp³-hybridized carbons (Fsp3) is 0.400. The molecule has 2 N–H and O–H groups in total. The maximum Gasteiger partial charge on any atom is 0.326 e. The van der Waals surface area contributed by atoms with Gasteiger partial charge in [0, 0.05) is 73.6 Å². The molecule has 9 nitrogen and oxygen atoms in total. The van der Waals surface area contributed by atoms with E-state index in [0.29, 0.717) is 17.1 Å². The molecule has 10 heteroatoms. The van der Waals surface area contributed by atoms with Crippen molar-refractivity contribution < 1.29 is 9.13 Å². The van der Waals surface area contributed by atoms with Gasteiger partial charge in [-0.1, -0.05) is 0 Å². The third-order valence-corrected chi connectivity index (χ3v) is 6.73. The van der Waals surface area contributed by atoms with E-state index in [-0.39, 0.29) is 11.8 Å². The van der Waals surface area contributed by atoms with E-state index in [1.807, 2.05) is 24.7 Å². The Bertz CT molecular complexity index is 1380. The molecule has 0 radical (unpaired) electrons. The molecule has 0 unspecified atom stereocenters. The lowest BCUT2D eigenvalue weighted by atomic mass is 10.2. The summed E-state index contributed by atoms with van der Waals surface area (Å²) in [6, 6.07) is 9.24. The van der Waals surface area contributed by atoms with E-state index in [4.69, 9.17) is 4.74 Å². The van der Waals surface area contributed by atoms with E-state index in [2.05, 4.69) is 48.3 Å². The van der Waals surface area contributed by atoms with E-state index in [1.54, 1.807) is 18.2 Å². The van der Waals surface area contributed by atoms with Gasteiger partial charge in [0.2, 0.25) is 0 Å². The van der Waals surface area contributed by atoms with Gasteiger partial charge in [0.1, 0.15) is 11.6 Å². The van der Waals surface area contributed by atoms with Gasteiger partial charge in [-0.05, 0) is 45.0 Å². The molecule has 1 saturated heterocycles. The second-order valence-electron chi connectivity index (χ2n) is 9.55. The Labute approximate surface area is 202 Å². The Hall–Kier alpha value is -3.66. The summed E-state index contributed by atoms with van der Waals surface area (Å²) >= 11 is 0. The average Bonchev–Trinajstić information content (AvgIpc) is 3.50. The lowest BCUT2D eigenvalue weighted by molar-refractivity contribution is 0.311. The minimum Gasteiger partial charge on any atom is -0.421 e. The summed E-state index contributed by atoms with van der Waals surface area (Å²) in [5.41, 5.74) is 2.83. The molecule has 2 fully saturated rings. The van der Waals surface area contributed by atoms with Crippen LogP contribution in [0.4, 0.5) is 21.8 Å². The predicted molar refractivity (Wildman–Crippen MR) is 133 cm³/mol. The molecule has 182 valence electrons. The number of halogens is 1. The van der Waals surface area contributed by atoms with Gasteiger partial charge >= 0.3 is 6.01 Å². The first kappa shape index (κ1) is 21.8. The minimum absolute atomic E-state index is 0.0897. The average molecular weight is 477 g/mol. The molecule has 1 saturated carbocycles. The van der Waals surface area contributed by atoms with Crippen molar-refractivity contribution in [2.75, 3.05) is 43.4 Å². The highest BCUT2D eigenvalue weighted by molar-refractivity contribution is 5.82. The highest BCUT2D eigenvalue weighted by Crippen LogP contribution is 2.41. The molecule has 0 amide bonds. The molecule has 1 aliphatic heterocycles. The van der Waals surface area contributed by atoms with Gasteiger partial charge in [-0.2, -0.15) is 15.1 Å². The summed E-state index contributed by atoms with van der Waals surface area (Å²) in [6.45, 7) is 5.44. The van der Waals surface area contributed by atoms with Crippen molar-refractivity contribution in [1.82, 2.24) is 29.6 Å². The van der Waals surface area contributed by atoms with Crippen LogP contribution in [-0.2, 0) is 7.05 Å². The molecule has 3 aromatic heterocycles. The van der Waals surface area contributed by atoms with E-state index in [0.717, 1.165) is 49.0 Å². The number of rotatable bonds is 6. The Balaban J connectivity index is 1.33. The number of anilines is 3. The van der Waals surface area contributed by atoms with Crippen LogP contribution in [0.25, 0.3) is 10.9 Å². The van der Waals surface area contributed by atoms with Gasteiger partial charge in [0.25, 0.3) is 0 Å². The second-order valence-corrected chi connectivity index (χ2v) is 9.55. The first-order valence-electron chi connectivity index (χ1n) is 12.0. The first-order valence-corrected chi connectivity index (χ1v) is 12.0. The van der Waals surface area contributed by atoms with Gasteiger partial charge in [0.05, 0.1) is 0 Å².